The molecule has 0 bridgehead atoms. The van der Waals surface area contributed by atoms with Crippen molar-refractivity contribution in [2.24, 2.45) is 0 Å². The number of aliphatic hydroxyl groups excluding tert-OH is 1. The summed E-state index contributed by atoms with van der Waals surface area (Å²) >= 11 is 0. The molecule has 2 aromatic rings. The SMILES string of the molecule is CC(C)c1ccc(CNC(=O)[C@H]2C[C@@H](O)CCN2S(=O)(=O)c2ccc(OC(F)(F)F)cc2)cc1. The zero-order valence-corrected chi connectivity index (χ0v) is 19.6. The molecule has 2 atom stereocenters. The Bertz CT molecular complexity index is 1090. The van der Waals surface area contributed by atoms with Crippen LogP contribution in [-0.4, -0.2) is 48.8 Å². The molecule has 1 saturated heterocycles. The number of ether oxygens (including phenoxy) is 1. The van der Waals surface area contributed by atoms with Crippen LogP contribution >= 0.6 is 0 Å². The van der Waals surface area contributed by atoms with Gasteiger partial charge in [-0.1, -0.05) is 38.1 Å². The number of piperidine rings is 1. The Morgan fingerprint density at radius 2 is 1.76 bits per heavy atom. The average molecular weight is 501 g/mol. The Morgan fingerprint density at radius 3 is 2.32 bits per heavy atom. The fourth-order valence-corrected chi connectivity index (χ4v) is 5.34. The minimum absolute atomic E-state index is 0.0907. The first-order chi connectivity index (χ1) is 15.9. The van der Waals surface area contributed by atoms with Crippen LogP contribution in [0.4, 0.5) is 13.2 Å². The lowest BCUT2D eigenvalue weighted by atomic mass is 10.0. The van der Waals surface area contributed by atoms with E-state index in [9.17, 15) is 31.5 Å². The van der Waals surface area contributed by atoms with Gasteiger partial charge in [0.15, 0.2) is 0 Å². The first-order valence-electron chi connectivity index (χ1n) is 10.8. The zero-order valence-electron chi connectivity index (χ0n) is 18.7. The molecular formula is C23H27F3N2O5S. The lowest BCUT2D eigenvalue weighted by molar-refractivity contribution is -0.274. The predicted molar refractivity (Wildman–Crippen MR) is 118 cm³/mol. The molecule has 34 heavy (non-hydrogen) atoms. The van der Waals surface area contributed by atoms with Crippen molar-refractivity contribution in [1.29, 1.82) is 0 Å². The van der Waals surface area contributed by atoms with Gasteiger partial charge in [-0.25, -0.2) is 8.42 Å². The summed E-state index contributed by atoms with van der Waals surface area (Å²) in [6, 6.07) is 10.3. The van der Waals surface area contributed by atoms with Crippen molar-refractivity contribution in [3.8, 4) is 5.75 Å². The van der Waals surface area contributed by atoms with Crippen molar-refractivity contribution >= 4 is 15.9 Å². The summed E-state index contributed by atoms with van der Waals surface area (Å²) in [5.74, 6) is -0.759. The van der Waals surface area contributed by atoms with Crippen LogP contribution in [0.5, 0.6) is 5.75 Å². The smallest absolute Gasteiger partial charge is 0.406 e. The molecule has 1 heterocycles. The van der Waals surface area contributed by atoms with E-state index in [0.717, 1.165) is 39.7 Å². The largest absolute Gasteiger partial charge is 0.573 e. The Labute approximate surface area is 196 Å². The quantitative estimate of drug-likeness (QED) is 0.607. The average Bonchev–Trinajstić information content (AvgIpc) is 2.76. The molecule has 1 fully saturated rings. The molecule has 11 heteroatoms. The second kappa shape index (κ2) is 10.3. The van der Waals surface area contributed by atoms with E-state index in [1.807, 2.05) is 24.3 Å². The van der Waals surface area contributed by atoms with E-state index >= 15 is 0 Å². The van der Waals surface area contributed by atoms with Gasteiger partial charge in [0, 0.05) is 13.1 Å². The van der Waals surface area contributed by atoms with E-state index < -0.39 is 40.2 Å². The maximum atomic E-state index is 13.2. The van der Waals surface area contributed by atoms with Crippen LogP contribution in [0.1, 0.15) is 43.7 Å². The number of benzene rings is 2. The topological polar surface area (TPSA) is 95.9 Å². The Hall–Kier alpha value is -2.63. The number of carbonyl (C=O) groups excluding carboxylic acids is 1. The van der Waals surface area contributed by atoms with E-state index in [2.05, 4.69) is 23.9 Å². The Balaban J connectivity index is 1.74. The van der Waals surface area contributed by atoms with Crippen molar-refractivity contribution in [3.05, 3.63) is 59.7 Å². The molecule has 3 rings (SSSR count). The second-order valence-corrected chi connectivity index (χ2v) is 10.3. The van der Waals surface area contributed by atoms with E-state index in [1.165, 1.54) is 0 Å². The summed E-state index contributed by atoms with van der Waals surface area (Å²) in [6.45, 7) is 4.21. The van der Waals surface area contributed by atoms with E-state index in [0.29, 0.717) is 5.92 Å². The minimum Gasteiger partial charge on any atom is -0.406 e. The Morgan fingerprint density at radius 1 is 1.15 bits per heavy atom. The fraction of sp³-hybridized carbons (Fsp3) is 0.435. The molecule has 2 N–H and O–H groups in total. The third-order valence-corrected chi connectivity index (χ3v) is 7.53. The maximum absolute atomic E-state index is 13.2. The summed E-state index contributed by atoms with van der Waals surface area (Å²) in [6.07, 6.45) is -5.71. The van der Waals surface area contributed by atoms with Crippen molar-refractivity contribution in [2.45, 2.75) is 62.6 Å². The third kappa shape index (κ3) is 6.49. The van der Waals surface area contributed by atoms with Crippen LogP contribution in [0, 0.1) is 0 Å². The highest BCUT2D eigenvalue weighted by atomic mass is 32.2. The number of nitrogens with zero attached hydrogens (tertiary/aromatic N) is 1. The first-order valence-corrected chi connectivity index (χ1v) is 12.2. The summed E-state index contributed by atoms with van der Waals surface area (Å²) in [5.41, 5.74) is 1.98. The van der Waals surface area contributed by atoms with Gasteiger partial charge < -0.3 is 15.2 Å². The van der Waals surface area contributed by atoms with Crippen LogP contribution < -0.4 is 10.1 Å². The highest BCUT2D eigenvalue weighted by Crippen LogP contribution is 2.29. The number of aliphatic hydroxyl groups is 1. The van der Waals surface area contributed by atoms with Gasteiger partial charge in [-0.3, -0.25) is 4.79 Å². The van der Waals surface area contributed by atoms with Gasteiger partial charge in [0.25, 0.3) is 0 Å². The summed E-state index contributed by atoms with van der Waals surface area (Å²) < 4.78 is 68.3. The zero-order chi connectivity index (χ0) is 25.1. The summed E-state index contributed by atoms with van der Waals surface area (Å²) in [5, 5.41) is 12.8. The van der Waals surface area contributed by atoms with Crippen molar-refractivity contribution in [1.82, 2.24) is 9.62 Å². The lowest BCUT2D eigenvalue weighted by Gasteiger charge is -2.35. The standard InChI is InChI=1S/C23H27F3N2O5S/c1-15(2)17-5-3-16(4-6-17)14-27-22(30)21-13-18(29)11-12-28(21)34(31,32)20-9-7-19(8-10-20)33-23(24,25)26/h3-10,15,18,21,29H,11-14H2,1-2H3,(H,27,30)/t18-,21+/m0/s1. The number of alkyl halides is 3. The fourth-order valence-electron chi connectivity index (χ4n) is 3.73. The molecule has 1 aliphatic heterocycles. The monoisotopic (exact) mass is 500 g/mol. The van der Waals surface area contributed by atoms with E-state index in [-0.39, 0.29) is 30.8 Å². The molecule has 2 aromatic carbocycles. The molecule has 0 aromatic heterocycles. The molecule has 7 nitrogen and oxygen atoms in total. The maximum Gasteiger partial charge on any atom is 0.573 e. The number of sulfonamides is 1. The highest BCUT2D eigenvalue weighted by Gasteiger charge is 2.40. The molecule has 0 unspecified atom stereocenters. The molecular weight excluding hydrogens is 473 g/mol. The molecule has 0 radical (unpaired) electrons. The van der Waals surface area contributed by atoms with Crippen molar-refractivity contribution < 1.29 is 36.2 Å². The highest BCUT2D eigenvalue weighted by molar-refractivity contribution is 7.89. The van der Waals surface area contributed by atoms with Gasteiger partial charge in [0.05, 0.1) is 11.0 Å². The van der Waals surface area contributed by atoms with Gasteiger partial charge in [-0.15, -0.1) is 13.2 Å². The normalized spacial score (nSPS) is 19.7. The van der Waals surface area contributed by atoms with Crippen LogP contribution in [0.25, 0.3) is 0 Å². The first kappa shape index (κ1) is 26.0. The predicted octanol–water partition coefficient (Wildman–Crippen LogP) is 3.54. The van der Waals surface area contributed by atoms with Gasteiger partial charge in [-0.2, -0.15) is 4.31 Å². The molecule has 0 spiro atoms. The van der Waals surface area contributed by atoms with Gasteiger partial charge >= 0.3 is 6.36 Å². The van der Waals surface area contributed by atoms with Crippen LogP contribution in [0.15, 0.2) is 53.4 Å². The molecule has 1 aliphatic rings. The van der Waals surface area contributed by atoms with Gasteiger partial charge in [0.2, 0.25) is 15.9 Å². The van der Waals surface area contributed by atoms with Gasteiger partial charge in [0.1, 0.15) is 11.8 Å². The second-order valence-electron chi connectivity index (χ2n) is 8.44. The van der Waals surface area contributed by atoms with Crippen molar-refractivity contribution in [3.63, 3.8) is 0 Å². The van der Waals surface area contributed by atoms with Crippen LogP contribution in [0.2, 0.25) is 0 Å². The molecule has 0 aliphatic carbocycles. The third-order valence-electron chi connectivity index (χ3n) is 5.61. The number of hydrogen-bond acceptors (Lipinski definition) is 5. The molecule has 186 valence electrons. The van der Waals surface area contributed by atoms with Crippen molar-refractivity contribution in [2.75, 3.05) is 6.54 Å². The number of rotatable bonds is 7. The van der Waals surface area contributed by atoms with E-state index in [1.54, 1.807) is 0 Å². The number of hydrogen-bond donors (Lipinski definition) is 2. The van der Waals surface area contributed by atoms with Gasteiger partial charge in [-0.05, 0) is 54.2 Å². The minimum atomic E-state index is -4.90. The van der Waals surface area contributed by atoms with Crippen LogP contribution in [-0.2, 0) is 21.4 Å². The number of amides is 1. The number of nitrogens with one attached hydrogen (secondary N) is 1. The van der Waals surface area contributed by atoms with Crippen LogP contribution in [0.3, 0.4) is 0 Å². The number of carbonyl (C=O) groups is 1. The molecule has 0 saturated carbocycles. The summed E-state index contributed by atoms with van der Waals surface area (Å²) in [7, 11) is -4.21. The van der Waals surface area contributed by atoms with E-state index in [4.69, 9.17) is 0 Å². The number of halogens is 3. The summed E-state index contributed by atoms with van der Waals surface area (Å²) in [4.78, 5) is 12.6. The molecule has 1 amide bonds. The Kier molecular flexibility index (Phi) is 7.89. The lowest BCUT2D eigenvalue weighted by Crippen LogP contribution is -2.54.